The van der Waals surface area contributed by atoms with E-state index in [-0.39, 0.29) is 6.54 Å². The van der Waals surface area contributed by atoms with E-state index in [9.17, 15) is 9.59 Å². The van der Waals surface area contributed by atoms with Crippen LogP contribution in [0.5, 0.6) is 0 Å². The molecule has 0 radical (unpaired) electrons. The number of hydroxylamine groups is 2. The number of unbranched alkanes of at least 4 members (excludes halogenated alkanes) is 1. The van der Waals surface area contributed by atoms with Crippen molar-refractivity contribution >= 4 is 12.4 Å². The highest BCUT2D eigenvalue weighted by Crippen LogP contribution is 2.00. The minimum Gasteiger partial charge on any atom is -0.481 e. The molecule has 0 rings (SSSR count). The Bertz CT molecular complexity index is 184. The van der Waals surface area contributed by atoms with Crippen molar-refractivity contribution in [3.05, 3.63) is 0 Å². The van der Waals surface area contributed by atoms with Gasteiger partial charge in [-0.1, -0.05) is 20.3 Å². The minimum absolute atomic E-state index is 0.0859. The summed E-state index contributed by atoms with van der Waals surface area (Å²) in [4.78, 5) is 26.0. The Kier molecular flexibility index (Phi) is 6.74. The fraction of sp³-hybridized carbons (Fsp3) is 0.778. The Hall–Kier alpha value is -1.10. The van der Waals surface area contributed by atoms with Gasteiger partial charge in [-0.05, 0) is 6.42 Å². The van der Waals surface area contributed by atoms with Gasteiger partial charge in [-0.15, -0.1) is 0 Å². The van der Waals surface area contributed by atoms with Gasteiger partial charge in [-0.25, -0.2) is 5.06 Å². The molecule has 0 aliphatic rings. The van der Waals surface area contributed by atoms with E-state index in [1.807, 2.05) is 6.92 Å². The van der Waals surface area contributed by atoms with E-state index in [4.69, 9.17) is 9.94 Å². The Morgan fingerprint density at radius 2 is 2.29 bits per heavy atom. The number of amides is 1. The molecule has 0 heterocycles. The van der Waals surface area contributed by atoms with Crippen LogP contribution in [-0.2, 0) is 14.4 Å². The van der Waals surface area contributed by atoms with Crippen molar-refractivity contribution in [1.82, 2.24) is 5.06 Å². The molecule has 0 saturated heterocycles. The lowest BCUT2D eigenvalue weighted by molar-refractivity contribution is -0.178. The predicted molar refractivity (Wildman–Crippen MR) is 50.4 cm³/mol. The van der Waals surface area contributed by atoms with E-state index in [1.54, 1.807) is 0 Å². The number of carboxylic acid groups (broad SMARTS) is 1. The van der Waals surface area contributed by atoms with Crippen LogP contribution in [0, 0.1) is 5.92 Å². The average Bonchev–Trinajstić information content (AvgIpc) is 2.16. The molecule has 14 heavy (non-hydrogen) atoms. The molecule has 0 spiro atoms. The first-order chi connectivity index (χ1) is 6.61. The van der Waals surface area contributed by atoms with E-state index in [0.717, 1.165) is 17.9 Å². The van der Waals surface area contributed by atoms with Gasteiger partial charge in [-0.3, -0.25) is 14.4 Å². The van der Waals surface area contributed by atoms with Crippen molar-refractivity contribution in [2.45, 2.75) is 26.7 Å². The van der Waals surface area contributed by atoms with Crippen LogP contribution in [0.4, 0.5) is 0 Å². The number of hydrogen-bond acceptors (Lipinski definition) is 3. The highest BCUT2D eigenvalue weighted by molar-refractivity contribution is 5.70. The molecule has 5 nitrogen and oxygen atoms in total. The van der Waals surface area contributed by atoms with E-state index in [2.05, 4.69) is 0 Å². The summed E-state index contributed by atoms with van der Waals surface area (Å²) >= 11 is 0. The second-order valence-corrected chi connectivity index (χ2v) is 3.13. The summed E-state index contributed by atoms with van der Waals surface area (Å²) in [5.74, 6) is -1.54. The Balaban J connectivity index is 3.78. The molecule has 0 fully saturated rings. The van der Waals surface area contributed by atoms with Crippen LogP contribution in [-0.4, -0.2) is 35.7 Å². The zero-order valence-electron chi connectivity index (χ0n) is 8.60. The topological polar surface area (TPSA) is 66.8 Å². The number of rotatable bonds is 8. The molecule has 0 bridgehead atoms. The van der Waals surface area contributed by atoms with Gasteiger partial charge >= 0.3 is 5.97 Å². The summed E-state index contributed by atoms with van der Waals surface area (Å²) in [5, 5.41) is 9.64. The fourth-order valence-electron chi connectivity index (χ4n) is 0.800. The second kappa shape index (κ2) is 7.32. The van der Waals surface area contributed by atoms with Gasteiger partial charge in [-0.2, -0.15) is 0 Å². The van der Waals surface area contributed by atoms with Crippen LogP contribution in [0.1, 0.15) is 26.7 Å². The Morgan fingerprint density at radius 1 is 1.64 bits per heavy atom. The predicted octanol–water partition coefficient (Wildman–Crippen LogP) is 0.897. The van der Waals surface area contributed by atoms with Crippen LogP contribution < -0.4 is 0 Å². The third-order valence-electron chi connectivity index (χ3n) is 1.75. The fourth-order valence-corrected chi connectivity index (χ4v) is 0.800. The van der Waals surface area contributed by atoms with Crippen molar-refractivity contribution in [2.24, 2.45) is 5.92 Å². The minimum atomic E-state index is -0.934. The number of aliphatic carboxylic acids is 1. The van der Waals surface area contributed by atoms with E-state index >= 15 is 0 Å². The van der Waals surface area contributed by atoms with E-state index in [1.165, 1.54) is 6.92 Å². The van der Waals surface area contributed by atoms with Gasteiger partial charge in [0.05, 0.1) is 19.1 Å². The molecule has 1 atom stereocenters. The summed E-state index contributed by atoms with van der Waals surface area (Å²) in [6.45, 7) is 4.07. The molecule has 0 aromatic heterocycles. The highest BCUT2D eigenvalue weighted by Gasteiger charge is 2.15. The smallest absolute Gasteiger partial charge is 0.308 e. The maximum atomic E-state index is 10.5. The van der Waals surface area contributed by atoms with E-state index < -0.39 is 11.9 Å². The lowest BCUT2D eigenvalue weighted by atomic mass is 10.2. The standard InChI is InChI=1S/C9H17NO4/c1-3-4-5-14-10(7-11)6-8(2)9(12)13/h7-8H,3-6H2,1-2H3,(H,12,13). The SMILES string of the molecule is CCCCON(C=O)CC(C)C(=O)O. The molecule has 1 unspecified atom stereocenters. The summed E-state index contributed by atoms with van der Waals surface area (Å²) in [6.07, 6.45) is 2.34. The summed E-state index contributed by atoms with van der Waals surface area (Å²) in [5.41, 5.74) is 0. The summed E-state index contributed by atoms with van der Waals surface area (Å²) < 4.78 is 0. The largest absolute Gasteiger partial charge is 0.481 e. The monoisotopic (exact) mass is 203 g/mol. The first-order valence-corrected chi connectivity index (χ1v) is 4.69. The maximum Gasteiger partial charge on any atom is 0.308 e. The normalized spacial score (nSPS) is 12.1. The quantitative estimate of drug-likeness (QED) is 0.361. The van der Waals surface area contributed by atoms with Gasteiger partial charge in [0.25, 0.3) is 0 Å². The lowest BCUT2D eigenvalue weighted by Crippen LogP contribution is -2.31. The van der Waals surface area contributed by atoms with E-state index in [0.29, 0.717) is 13.0 Å². The zero-order chi connectivity index (χ0) is 11.0. The number of carbonyl (C=O) groups excluding carboxylic acids is 1. The van der Waals surface area contributed by atoms with Gasteiger partial charge in [0.2, 0.25) is 6.41 Å². The zero-order valence-corrected chi connectivity index (χ0v) is 8.60. The van der Waals surface area contributed by atoms with Gasteiger partial charge in [0.1, 0.15) is 0 Å². The Morgan fingerprint density at radius 3 is 2.71 bits per heavy atom. The van der Waals surface area contributed by atoms with Gasteiger partial charge in [0.15, 0.2) is 0 Å². The molecule has 0 saturated carbocycles. The average molecular weight is 203 g/mol. The van der Waals surface area contributed by atoms with Crippen LogP contribution in [0.25, 0.3) is 0 Å². The summed E-state index contributed by atoms with van der Waals surface area (Å²) in [7, 11) is 0. The van der Waals surface area contributed by atoms with Gasteiger partial charge in [0, 0.05) is 0 Å². The first-order valence-electron chi connectivity index (χ1n) is 4.69. The molecular formula is C9H17NO4. The molecule has 0 aliphatic carbocycles. The number of nitrogens with zero attached hydrogens (tertiary/aromatic N) is 1. The molecule has 0 aliphatic heterocycles. The number of hydrogen-bond donors (Lipinski definition) is 1. The third kappa shape index (κ3) is 5.53. The molecule has 5 heteroatoms. The molecular weight excluding hydrogens is 186 g/mol. The lowest BCUT2D eigenvalue weighted by Gasteiger charge is -2.18. The number of carbonyl (C=O) groups is 2. The van der Waals surface area contributed by atoms with Crippen LogP contribution >= 0.6 is 0 Å². The number of carboxylic acids is 1. The van der Waals surface area contributed by atoms with Crippen molar-refractivity contribution in [3.63, 3.8) is 0 Å². The van der Waals surface area contributed by atoms with Gasteiger partial charge < -0.3 is 5.11 Å². The first kappa shape index (κ1) is 12.9. The molecule has 1 N–H and O–H groups in total. The summed E-state index contributed by atoms with van der Waals surface area (Å²) in [6, 6.07) is 0. The van der Waals surface area contributed by atoms with Crippen molar-refractivity contribution in [2.75, 3.05) is 13.2 Å². The maximum absolute atomic E-state index is 10.5. The molecule has 0 aromatic rings. The van der Waals surface area contributed by atoms with Crippen LogP contribution in [0.2, 0.25) is 0 Å². The van der Waals surface area contributed by atoms with Crippen molar-refractivity contribution in [3.8, 4) is 0 Å². The Labute approximate surface area is 83.6 Å². The van der Waals surface area contributed by atoms with Crippen molar-refractivity contribution in [1.29, 1.82) is 0 Å². The van der Waals surface area contributed by atoms with Crippen molar-refractivity contribution < 1.29 is 19.5 Å². The third-order valence-corrected chi connectivity index (χ3v) is 1.75. The highest BCUT2D eigenvalue weighted by atomic mass is 16.7. The van der Waals surface area contributed by atoms with Crippen LogP contribution in [0.15, 0.2) is 0 Å². The van der Waals surface area contributed by atoms with Crippen LogP contribution in [0.3, 0.4) is 0 Å². The second-order valence-electron chi connectivity index (χ2n) is 3.13. The molecule has 1 amide bonds. The molecule has 82 valence electrons. The molecule has 0 aromatic carbocycles.